The second-order valence-electron chi connectivity index (χ2n) is 5.96. The molecule has 5 nitrogen and oxygen atoms in total. The van der Waals surface area contributed by atoms with Gasteiger partial charge in [0.15, 0.2) is 0 Å². The Morgan fingerprint density at radius 1 is 1.43 bits per heavy atom. The molecular formula is C16H21N3O2. The molecule has 2 heterocycles. The number of hydrogen-bond acceptors (Lipinski definition) is 4. The number of imidazole rings is 1. The average Bonchev–Trinajstić information content (AvgIpc) is 2.83. The van der Waals surface area contributed by atoms with Gasteiger partial charge in [-0.25, -0.2) is 4.98 Å². The van der Waals surface area contributed by atoms with Gasteiger partial charge in [0.05, 0.1) is 30.8 Å². The van der Waals surface area contributed by atoms with Crippen molar-refractivity contribution in [3.05, 3.63) is 24.0 Å². The predicted molar refractivity (Wildman–Crippen MR) is 80.6 cm³/mol. The molecule has 0 amide bonds. The third kappa shape index (κ3) is 2.30. The molecule has 1 N–H and O–H groups in total. The smallest absolute Gasteiger partial charge is 0.136 e. The van der Waals surface area contributed by atoms with Gasteiger partial charge in [-0.3, -0.25) is 0 Å². The Morgan fingerprint density at radius 2 is 2.33 bits per heavy atom. The summed E-state index contributed by atoms with van der Waals surface area (Å²) in [5.74, 6) is 1.90. The normalized spacial score (nSPS) is 22.0. The van der Waals surface area contributed by atoms with Crippen molar-refractivity contribution in [3.63, 3.8) is 0 Å². The van der Waals surface area contributed by atoms with E-state index in [2.05, 4.69) is 16.0 Å². The molecule has 1 aromatic heterocycles. The van der Waals surface area contributed by atoms with E-state index in [4.69, 9.17) is 14.5 Å². The molecule has 2 aliphatic rings. The zero-order valence-corrected chi connectivity index (χ0v) is 12.3. The number of fused-ring (bicyclic) bond motifs is 3. The van der Waals surface area contributed by atoms with E-state index in [-0.39, 0.29) is 0 Å². The summed E-state index contributed by atoms with van der Waals surface area (Å²) in [4.78, 5) is 4.69. The molecule has 1 fully saturated rings. The summed E-state index contributed by atoms with van der Waals surface area (Å²) in [6, 6.07) is 7.07. The summed E-state index contributed by atoms with van der Waals surface area (Å²) in [5, 5.41) is 3.65. The molecule has 1 aliphatic carbocycles. The van der Waals surface area contributed by atoms with Gasteiger partial charge in [-0.15, -0.1) is 0 Å². The summed E-state index contributed by atoms with van der Waals surface area (Å²) in [6.45, 7) is 2.28. The Balaban J connectivity index is 1.66. The van der Waals surface area contributed by atoms with E-state index in [0.29, 0.717) is 18.7 Å². The fourth-order valence-corrected chi connectivity index (χ4v) is 3.18. The van der Waals surface area contributed by atoms with Gasteiger partial charge in [-0.1, -0.05) is 6.42 Å². The summed E-state index contributed by atoms with van der Waals surface area (Å²) < 4.78 is 13.4. The molecule has 1 saturated carbocycles. The van der Waals surface area contributed by atoms with E-state index in [1.54, 1.807) is 7.11 Å². The molecule has 112 valence electrons. The van der Waals surface area contributed by atoms with Gasteiger partial charge >= 0.3 is 0 Å². The molecule has 1 atom stereocenters. The molecule has 5 heteroatoms. The van der Waals surface area contributed by atoms with Crippen LogP contribution in [0.2, 0.25) is 0 Å². The molecule has 1 aromatic carbocycles. The van der Waals surface area contributed by atoms with Crippen molar-refractivity contribution in [2.24, 2.45) is 0 Å². The topological polar surface area (TPSA) is 48.3 Å². The second-order valence-corrected chi connectivity index (χ2v) is 5.96. The Bertz CT molecular complexity index is 648. The van der Waals surface area contributed by atoms with E-state index >= 15 is 0 Å². The van der Waals surface area contributed by atoms with Crippen molar-refractivity contribution in [3.8, 4) is 5.75 Å². The predicted octanol–water partition coefficient (Wildman–Crippen LogP) is 2.26. The highest BCUT2D eigenvalue weighted by atomic mass is 16.5. The Kier molecular flexibility index (Phi) is 3.31. The van der Waals surface area contributed by atoms with Crippen molar-refractivity contribution < 1.29 is 9.47 Å². The molecule has 0 bridgehead atoms. The Morgan fingerprint density at radius 3 is 3.10 bits per heavy atom. The Hall–Kier alpha value is -1.59. The van der Waals surface area contributed by atoms with Crippen LogP contribution in [-0.4, -0.2) is 35.9 Å². The lowest BCUT2D eigenvalue weighted by Crippen LogP contribution is -2.41. The van der Waals surface area contributed by atoms with Crippen LogP contribution in [0.1, 0.15) is 31.1 Å². The Labute approximate surface area is 124 Å². The first-order valence-corrected chi connectivity index (χ1v) is 7.71. The maximum absolute atomic E-state index is 5.72. The first kappa shape index (κ1) is 13.1. The first-order chi connectivity index (χ1) is 10.3. The van der Waals surface area contributed by atoms with Crippen LogP contribution in [0.15, 0.2) is 18.2 Å². The summed E-state index contributed by atoms with van der Waals surface area (Å²) in [7, 11) is 1.70. The lowest BCUT2D eigenvalue weighted by Gasteiger charge is -2.31. The quantitative estimate of drug-likeness (QED) is 0.937. The molecule has 0 spiro atoms. The van der Waals surface area contributed by atoms with E-state index in [1.807, 2.05) is 12.1 Å². The van der Waals surface area contributed by atoms with Gasteiger partial charge in [-0.05, 0) is 25.0 Å². The van der Waals surface area contributed by atoms with Crippen molar-refractivity contribution in [2.75, 3.05) is 20.3 Å². The molecular weight excluding hydrogens is 266 g/mol. The number of methoxy groups -OCH3 is 1. The highest BCUT2D eigenvalue weighted by Crippen LogP contribution is 2.29. The van der Waals surface area contributed by atoms with Gasteiger partial charge in [0.1, 0.15) is 18.2 Å². The van der Waals surface area contributed by atoms with E-state index in [0.717, 1.165) is 35.8 Å². The lowest BCUT2D eigenvalue weighted by molar-refractivity contribution is 0.0545. The summed E-state index contributed by atoms with van der Waals surface area (Å²) in [6.07, 6.45) is 3.97. The molecule has 4 rings (SSSR count). The van der Waals surface area contributed by atoms with Gasteiger partial charge in [0.2, 0.25) is 0 Å². The number of nitrogens with zero attached hydrogens (tertiary/aromatic N) is 2. The monoisotopic (exact) mass is 287 g/mol. The fourth-order valence-electron chi connectivity index (χ4n) is 3.18. The van der Waals surface area contributed by atoms with Crippen LogP contribution in [0.4, 0.5) is 0 Å². The molecule has 0 radical (unpaired) electrons. The third-order valence-electron chi connectivity index (χ3n) is 4.62. The zero-order chi connectivity index (χ0) is 14.2. The van der Waals surface area contributed by atoms with Crippen molar-refractivity contribution >= 4 is 11.0 Å². The molecule has 1 unspecified atom stereocenters. The van der Waals surface area contributed by atoms with Gasteiger partial charge in [0, 0.05) is 18.7 Å². The van der Waals surface area contributed by atoms with E-state index < -0.39 is 0 Å². The van der Waals surface area contributed by atoms with Crippen LogP contribution in [0, 0.1) is 0 Å². The second kappa shape index (κ2) is 5.31. The standard InChI is InChI=1S/C16H21N3O2/c1-20-13-5-6-14-15(7-13)19-12(8-17-11-3-2-4-11)9-21-10-16(19)18-14/h5-7,11-12,17H,2-4,8-10H2,1H3. The van der Waals surface area contributed by atoms with E-state index in [1.165, 1.54) is 19.3 Å². The minimum absolute atomic E-state index is 0.312. The average molecular weight is 287 g/mol. The zero-order valence-electron chi connectivity index (χ0n) is 12.3. The maximum atomic E-state index is 5.72. The number of ether oxygens (including phenoxy) is 2. The summed E-state index contributed by atoms with van der Waals surface area (Å²) >= 11 is 0. The van der Waals surface area contributed by atoms with Crippen molar-refractivity contribution in [1.82, 2.24) is 14.9 Å². The van der Waals surface area contributed by atoms with Crippen molar-refractivity contribution in [1.29, 1.82) is 0 Å². The maximum Gasteiger partial charge on any atom is 0.136 e. The van der Waals surface area contributed by atoms with Gasteiger partial charge in [-0.2, -0.15) is 0 Å². The third-order valence-corrected chi connectivity index (χ3v) is 4.62. The number of hydrogen-bond donors (Lipinski definition) is 1. The SMILES string of the molecule is COc1ccc2nc3n(c2c1)C(CNC1CCC1)COC3. The van der Waals surface area contributed by atoms with Crippen LogP contribution in [0.3, 0.4) is 0 Å². The van der Waals surface area contributed by atoms with Gasteiger partial charge in [0.25, 0.3) is 0 Å². The number of nitrogens with one attached hydrogen (secondary N) is 1. The molecule has 2 aromatic rings. The van der Waals surface area contributed by atoms with E-state index in [9.17, 15) is 0 Å². The highest BCUT2D eigenvalue weighted by molar-refractivity contribution is 5.78. The lowest BCUT2D eigenvalue weighted by atomic mass is 9.93. The van der Waals surface area contributed by atoms with Crippen LogP contribution >= 0.6 is 0 Å². The van der Waals surface area contributed by atoms with Gasteiger partial charge < -0.3 is 19.4 Å². The van der Waals surface area contributed by atoms with Crippen molar-refractivity contribution in [2.45, 2.75) is 38.0 Å². The fraction of sp³-hybridized carbons (Fsp3) is 0.562. The minimum Gasteiger partial charge on any atom is -0.497 e. The summed E-state index contributed by atoms with van der Waals surface area (Å²) in [5.41, 5.74) is 2.16. The molecule has 1 aliphatic heterocycles. The molecule has 21 heavy (non-hydrogen) atoms. The van der Waals surface area contributed by atoms with Crippen LogP contribution in [0.25, 0.3) is 11.0 Å². The highest BCUT2D eigenvalue weighted by Gasteiger charge is 2.26. The number of aromatic nitrogens is 2. The number of benzene rings is 1. The van der Waals surface area contributed by atoms with Crippen LogP contribution in [-0.2, 0) is 11.3 Å². The van der Waals surface area contributed by atoms with Crippen LogP contribution < -0.4 is 10.1 Å². The minimum atomic E-state index is 0.312. The molecule has 0 saturated heterocycles. The largest absolute Gasteiger partial charge is 0.497 e. The first-order valence-electron chi connectivity index (χ1n) is 7.71. The number of rotatable bonds is 4. The van der Waals surface area contributed by atoms with Crippen LogP contribution in [0.5, 0.6) is 5.75 Å².